The van der Waals surface area contributed by atoms with Gasteiger partial charge in [0.05, 0.1) is 15.6 Å². The second-order valence-electron chi connectivity index (χ2n) is 6.97. The van der Waals surface area contributed by atoms with E-state index in [1.807, 2.05) is 13.8 Å². The molecule has 1 unspecified atom stereocenters. The molecule has 6 nitrogen and oxygen atoms in total. The number of nitrogens with one attached hydrogen (secondary N) is 1. The minimum atomic E-state index is -4.14. The molecule has 3 rings (SSSR count). The molecule has 1 saturated heterocycles. The topological polar surface area (TPSA) is 83.6 Å². The Balaban J connectivity index is 1.92. The Morgan fingerprint density at radius 2 is 1.82 bits per heavy atom. The van der Waals surface area contributed by atoms with Crippen molar-refractivity contribution in [1.82, 2.24) is 4.31 Å². The van der Waals surface area contributed by atoms with Crippen molar-refractivity contribution in [2.75, 3.05) is 5.32 Å². The van der Waals surface area contributed by atoms with Crippen molar-refractivity contribution in [2.24, 2.45) is 0 Å². The van der Waals surface area contributed by atoms with Crippen LogP contribution in [0.1, 0.15) is 29.5 Å². The largest absolute Gasteiger partial charge is 0.323 e. The molecule has 0 spiro atoms. The van der Waals surface area contributed by atoms with Crippen LogP contribution in [0.4, 0.5) is 5.69 Å². The van der Waals surface area contributed by atoms with Crippen LogP contribution in [0.2, 0.25) is 5.02 Å². The lowest BCUT2D eigenvalue weighted by Gasteiger charge is -2.24. The number of anilines is 1. The zero-order chi connectivity index (χ0) is 20.6. The van der Waals surface area contributed by atoms with Crippen molar-refractivity contribution in [3.8, 4) is 0 Å². The molecular weight excluding hydrogens is 400 g/mol. The maximum atomic E-state index is 13.1. The monoisotopic (exact) mass is 420 g/mol. The minimum Gasteiger partial charge on any atom is -0.323 e. The summed E-state index contributed by atoms with van der Waals surface area (Å²) in [5.41, 5.74) is 3.04. The van der Waals surface area contributed by atoms with E-state index in [0.717, 1.165) is 16.7 Å². The van der Waals surface area contributed by atoms with Gasteiger partial charge < -0.3 is 5.32 Å². The first-order valence-corrected chi connectivity index (χ1v) is 10.6. The fourth-order valence-electron chi connectivity index (χ4n) is 3.13. The number of carbonyl (C=O) groups excluding carboxylic acids is 2. The average molecular weight is 421 g/mol. The number of sulfonamides is 1. The number of amides is 2. The van der Waals surface area contributed by atoms with E-state index in [-0.39, 0.29) is 17.7 Å². The van der Waals surface area contributed by atoms with Gasteiger partial charge in [-0.1, -0.05) is 23.7 Å². The van der Waals surface area contributed by atoms with Gasteiger partial charge in [0.2, 0.25) is 11.8 Å². The molecule has 1 N–H and O–H groups in total. The van der Waals surface area contributed by atoms with E-state index < -0.39 is 27.9 Å². The van der Waals surface area contributed by atoms with Crippen LogP contribution >= 0.6 is 11.6 Å². The Morgan fingerprint density at radius 1 is 1.11 bits per heavy atom. The van der Waals surface area contributed by atoms with Gasteiger partial charge in [-0.15, -0.1) is 0 Å². The fraction of sp³-hybridized carbons (Fsp3) is 0.300. The summed E-state index contributed by atoms with van der Waals surface area (Å²) in [6, 6.07) is 8.66. The van der Waals surface area contributed by atoms with Crippen LogP contribution in [0.3, 0.4) is 0 Å². The van der Waals surface area contributed by atoms with Crippen LogP contribution < -0.4 is 5.32 Å². The molecule has 1 atom stereocenters. The van der Waals surface area contributed by atoms with E-state index in [1.165, 1.54) is 12.1 Å². The van der Waals surface area contributed by atoms with Crippen molar-refractivity contribution in [1.29, 1.82) is 0 Å². The minimum absolute atomic E-state index is 0.00276. The average Bonchev–Trinajstić information content (AvgIpc) is 3.02. The second-order valence-corrected chi connectivity index (χ2v) is 9.19. The summed E-state index contributed by atoms with van der Waals surface area (Å²) in [6.45, 7) is 5.53. The van der Waals surface area contributed by atoms with Gasteiger partial charge in [0, 0.05) is 6.42 Å². The van der Waals surface area contributed by atoms with Crippen molar-refractivity contribution in [2.45, 2.75) is 44.6 Å². The fourth-order valence-corrected chi connectivity index (χ4v) is 5.10. The van der Waals surface area contributed by atoms with E-state index in [0.29, 0.717) is 15.0 Å². The van der Waals surface area contributed by atoms with Gasteiger partial charge in [-0.25, -0.2) is 12.7 Å². The molecule has 1 heterocycles. The molecule has 1 aliphatic rings. The first-order chi connectivity index (χ1) is 13.1. The summed E-state index contributed by atoms with van der Waals surface area (Å²) < 4.78 is 26.9. The van der Waals surface area contributed by atoms with Crippen LogP contribution in [-0.4, -0.2) is 30.6 Å². The lowest BCUT2D eigenvalue weighted by atomic mass is 10.1. The zero-order valence-electron chi connectivity index (χ0n) is 15.8. The number of halogens is 1. The molecule has 0 aromatic heterocycles. The molecule has 2 aromatic carbocycles. The van der Waals surface area contributed by atoms with E-state index in [2.05, 4.69) is 5.32 Å². The number of hydrogen-bond donors (Lipinski definition) is 1. The molecule has 0 saturated carbocycles. The Kier molecular flexibility index (Phi) is 5.50. The zero-order valence-corrected chi connectivity index (χ0v) is 17.4. The van der Waals surface area contributed by atoms with Gasteiger partial charge in [0.25, 0.3) is 10.0 Å². The summed E-state index contributed by atoms with van der Waals surface area (Å²) in [5, 5.41) is 2.99. The molecule has 2 aromatic rings. The summed E-state index contributed by atoms with van der Waals surface area (Å²) in [6.07, 6.45) is 0.113. The molecule has 28 heavy (non-hydrogen) atoms. The van der Waals surface area contributed by atoms with Gasteiger partial charge >= 0.3 is 0 Å². The molecule has 8 heteroatoms. The van der Waals surface area contributed by atoms with Crippen molar-refractivity contribution in [3.63, 3.8) is 0 Å². The molecular formula is C20H21ClN2O4S. The first-order valence-electron chi connectivity index (χ1n) is 8.83. The van der Waals surface area contributed by atoms with Crippen LogP contribution in [0.25, 0.3) is 0 Å². The Labute approximate surface area is 169 Å². The Morgan fingerprint density at radius 3 is 2.46 bits per heavy atom. The summed E-state index contributed by atoms with van der Waals surface area (Å²) in [5.74, 6) is -1.17. The predicted octanol–water partition coefficient (Wildman–Crippen LogP) is 3.58. The van der Waals surface area contributed by atoms with E-state index >= 15 is 0 Å². The molecule has 2 amide bonds. The van der Waals surface area contributed by atoms with Crippen molar-refractivity contribution in [3.05, 3.63) is 58.1 Å². The normalized spacial score (nSPS) is 17.1. The highest BCUT2D eigenvalue weighted by atomic mass is 35.5. The molecule has 1 fully saturated rings. The number of aryl methyl sites for hydroxylation is 3. The third-order valence-corrected chi connectivity index (χ3v) is 7.02. The number of carbonyl (C=O) groups is 2. The van der Waals surface area contributed by atoms with Gasteiger partial charge in [0.1, 0.15) is 6.04 Å². The van der Waals surface area contributed by atoms with Crippen LogP contribution in [0, 0.1) is 20.8 Å². The molecule has 0 radical (unpaired) electrons. The lowest BCUT2D eigenvalue weighted by molar-refractivity contribution is -0.128. The highest BCUT2D eigenvalue weighted by molar-refractivity contribution is 7.89. The predicted molar refractivity (Wildman–Crippen MR) is 108 cm³/mol. The van der Waals surface area contributed by atoms with Crippen LogP contribution in [-0.2, 0) is 19.6 Å². The highest BCUT2D eigenvalue weighted by Crippen LogP contribution is 2.30. The third-order valence-electron chi connectivity index (χ3n) is 4.88. The van der Waals surface area contributed by atoms with Crippen molar-refractivity contribution >= 4 is 39.1 Å². The Bertz CT molecular complexity index is 1070. The van der Waals surface area contributed by atoms with E-state index in [1.54, 1.807) is 31.2 Å². The molecule has 0 aliphatic carbocycles. The quantitative estimate of drug-likeness (QED) is 0.819. The van der Waals surface area contributed by atoms with Gasteiger partial charge in [0.15, 0.2) is 0 Å². The standard InChI is InChI=1S/C20H21ClN2O4S/c1-12-4-7-17(16(21)10-12)22-20(25)18-8-9-19(24)23(18)28(26,27)15-6-5-13(2)14(3)11-15/h4-7,10-11,18H,8-9H2,1-3H3,(H,22,25). The maximum Gasteiger partial charge on any atom is 0.267 e. The number of hydrogen-bond acceptors (Lipinski definition) is 4. The molecule has 148 valence electrons. The summed E-state index contributed by atoms with van der Waals surface area (Å²) in [7, 11) is -4.14. The first kappa shape index (κ1) is 20.4. The number of rotatable bonds is 4. The summed E-state index contributed by atoms with van der Waals surface area (Å²) >= 11 is 6.15. The van der Waals surface area contributed by atoms with Gasteiger partial charge in [-0.3, -0.25) is 9.59 Å². The number of benzene rings is 2. The maximum absolute atomic E-state index is 13.1. The summed E-state index contributed by atoms with van der Waals surface area (Å²) in [4.78, 5) is 25.1. The van der Waals surface area contributed by atoms with Crippen LogP contribution in [0.5, 0.6) is 0 Å². The van der Waals surface area contributed by atoms with Crippen molar-refractivity contribution < 1.29 is 18.0 Å². The third kappa shape index (κ3) is 3.77. The Hall–Kier alpha value is -2.38. The van der Waals surface area contributed by atoms with Crippen LogP contribution in [0.15, 0.2) is 41.3 Å². The molecule has 1 aliphatic heterocycles. The number of nitrogens with zero attached hydrogens (tertiary/aromatic N) is 1. The van der Waals surface area contributed by atoms with Gasteiger partial charge in [-0.2, -0.15) is 0 Å². The smallest absolute Gasteiger partial charge is 0.267 e. The lowest BCUT2D eigenvalue weighted by Crippen LogP contribution is -2.45. The SMILES string of the molecule is Cc1ccc(NC(=O)C2CCC(=O)N2S(=O)(=O)c2ccc(C)c(C)c2)c(Cl)c1. The van der Waals surface area contributed by atoms with E-state index in [4.69, 9.17) is 11.6 Å². The highest BCUT2D eigenvalue weighted by Gasteiger charge is 2.44. The van der Waals surface area contributed by atoms with Gasteiger partial charge in [-0.05, 0) is 68.1 Å². The van der Waals surface area contributed by atoms with E-state index in [9.17, 15) is 18.0 Å². The second kappa shape index (κ2) is 7.56. The molecule has 0 bridgehead atoms.